The monoisotopic (exact) mass is 401 g/mol. The molecule has 0 unspecified atom stereocenters. The van der Waals surface area contributed by atoms with Gasteiger partial charge in [0.25, 0.3) is 0 Å². The van der Waals surface area contributed by atoms with Gasteiger partial charge in [0.2, 0.25) is 5.71 Å². The number of hydrazone groups is 1. The molecule has 154 valence electrons. The average molecular weight is 401 g/mol. The van der Waals surface area contributed by atoms with Crippen LogP contribution in [0.3, 0.4) is 0 Å². The van der Waals surface area contributed by atoms with Gasteiger partial charge in [0.05, 0.1) is 6.61 Å². The van der Waals surface area contributed by atoms with E-state index in [4.69, 9.17) is 20.0 Å². The number of carbonyl (C=O) groups is 1. The van der Waals surface area contributed by atoms with Crippen molar-refractivity contribution in [3.8, 4) is 17.9 Å². The van der Waals surface area contributed by atoms with Crippen LogP contribution in [0.2, 0.25) is 0 Å². The maximum absolute atomic E-state index is 13.5. The van der Waals surface area contributed by atoms with E-state index in [-0.39, 0.29) is 23.4 Å². The predicted molar refractivity (Wildman–Crippen MR) is 105 cm³/mol. The maximum atomic E-state index is 13.5. The van der Waals surface area contributed by atoms with Gasteiger partial charge in [0, 0.05) is 19.2 Å². The number of amides is 1. The minimum atomic E-state index is -0.525. The number of nitrogens with zero attached hydrogens (tertiary/aromatic N) is 4. The van der Waals surface area contributed by atoms with Crippen LogP contribution in [0.15, 0.2) is 23.3 Å². The number of halogens is 1. The standard InChI is InChI=1S/C20H24FN5O3/c1-20(2,3)29-19(27)26-8-6-14(7-9-26)13-28-18-5-4-15(21)10-17(18)25-24-16(11-22)12-23/h4-5,10,14,25H,6-9,13H2,1-3H3. The number of nitrogens with one attached hydrogen (secondary N) is 1. The largest absolute Gasteiger partial charge is 0.491 e. The van der Waals surface area contributed by atoms with Gasteiger partial charge in [0.15, 0.2) is 0 Å². The normalized spacial score (nSPS) is 14.3. The smallest absolute Gasteiger partial charge is 0.410 e. The Kier molecular flexibility index (Phi) is 7.38. The Morgan fingerprint density at radius 2 is 1.97 bits per heavy atom. The van der Waals surface area contributed by atoms with Crippen molar-refractivity contribution in [3.05, 3.63) is 24.0 Å². The van der Waals surface area contributed by atoms with Crippen LogP contribution < -0.4 is 10.2 Å². The van der Waals surface area contributed by atoms with E-state index in [0.717, 1.165) is 12.8 Å². The SMILES string of the molecule is CC(C)(C)OC(=O)N1CCC(COc2ccc(F)cc2NN=C(C#N)C#N)CC1. The van der Waals surface area contributed by atoms with E-state index < -0.39 is 11.4 Å². The molecular weight excluding hydrogens is 377 g/mol. The highest BCUT2D eigenvalue weighted by Crippen LogP contribution is 2.27. The first-order chi connectivity index (χ1) is 13.7. The Balaban J connectivity index is 1.91. The van der Waals surface area contributed by atoms with E-state index in [1.165, 1.54) is 18.2 Å². The molecule has 8 nitrogen and oxygen atoms in total. The van der Waals surface area contributed by atoms with Crippen LogP contribution in [-0.4, -0.2) is 42.0 Å². The van der Waals surface area contributed by atoms with Crippen LogP contribution >= 0.6 is 0 Å². The molecule has 29 heavy (non-hydrogen) atoms. The zero-order valence-corrected chi connectivity index (χ0v) is 16.7. The van der Waals surface area contributed by atoms with Crippen LogP contribution in [0.5, 0.6) is 5.75 Å². The first-order valence-electron chi connectivity index (χ1n) is 9.26. The molecule has 0 aliphatic carbocycles. The van der Waals surface area contributed by atoms with E-state index in [2.05, 4.69) is 10.5 Å². The summed E-state index contributed by atoms with van der Waals surface area (Å²) in [4.78, 5) is 13.8. The second kappa shape index (κ2) is 9.74. The number of likely N-dealkylation sites (tertiary alicyclic amines) is 1. The van der Waals surface area contributed by atoms with Crippen molar-refractivity contribution in [2.24, 2.45) is 11.0 Å². The van der Waals surface area contributed by atoms with Crippen molar-refractivity contribution in [1.29, 1.82) is 10.5 Å². The van der Waals surface area contributed by atoms with Gasteiger partial charge in [-0.3, -0.25) is 5.43 Å². The fourth-order valence-electron chi connectivity index (χ4n) is 2.72. The lowest BCUT2D eigenvalue weighted by Crippen LogP contribution is -2.42. The number of carbonyl (C=O) groups excluding carboxylic acids is 1. The number of hydrogen-bond acceptors (Lipinski definition) is 7. The highest BCUT2D eigenvalue weighted by Gasteiger charge is 2.27. The van der Waals surface area contributed by atoms with E-state index in [1.54, 1.807) is 17.0 Å². The van der Waals surface area contributed by atoms with Gasteiger partial charge >= 0.3 is 6.09 Å². The summed E-state index contributed by atoms with van der Waals surface area (Å²) in [5.74, 6) is 0.0833. The molecule has 1 amide bonds. The maximum Gasteiger partial charge on any atom is 0.410 e. The van der Waals surface area contributed by atoms with Crippen molar-refractivity contribution in [3.63, 3.8) is 0 Å². The van der Waals surface area contributed by atoms with Crippen LogP contribution in [0.1, 0.15) is 33.6 Å². The summed E-state index contributed by atoms with van der Waals surface area (Å²) >= 11 is 0. The second-order valence-electron chi connectivity index (χ2n) is 7.66. The molecule has 1 aliphatic rings. The average Bonchev–Trinajstić information content (AvgIpc) is 2.67. The van der Waals surface area contributed by atoms with E-state index in [1.807, 2.05) is 20.8 Å². The molecule has 0 atom stereocenters. The topological polar surface area (TPSA) is 111 Å². The van der Waals surface area contributed by atoms with Gasteiger partial charge in [-0.15, -0.1) is 0 Å². The number of benzene rings is 1. The Hall–Kier alpha value is -3.33. The number of anilines is 1. The molecule has 1 aromatic rings. The molecular formula is C20H24FN5O3. The molecule has 9 heteroatoms. The highest BCUT2D eigenvalue weighted by atomic mass is 19.1. The van der Waals surface area contributed by atoms with Gasteiger partial charge in [-0.25, -0.2) is 9.18 Å². The summed E-state index contributed by atoms with van der Waals surface area (Å²) in [6.07, 6.45) is 1.20. The van der Waals surface area contributed by atoms with Gasteiger partial charge in [-0.1, -0.05) is 0 Å². The predicted octanol–water partition coefficient (Wildman–Crippen LogP) is 3.67. The first-order valence-corrected chi connectivity index (χ1v) is 9.26. The number of hydrogen-bond donors (Lipinski definition) is 1. The molecule has 0 saturated carbocycles. The lowest BCUT2D eigenvalue weighted by molar-refractivity contribution is 0.0165. The third-order valence-electron chi connectivity index (χ3n) is 4.18. The number of ether oxygens (including phenoxy) is 2. The third-order valence-corrected chi connectivity index (χ3v) is 4.18. The van der Waals surface area contributed by atoms with Gasteiger partial charge < -0.3 is 14.4 Å². The molecule has 0 radical (unpaired) electrons. The number of rotatable bonds is 5. The molecule has 1 aromatic carbocycles. The zero-order chi connectivity index (χ0) is 21.4. The quantitative estimate of drug-likeness (QED) is 0.595. The Morgan fingerprint density at radius 3 is 2.55 bits per heavy atom. The van der Waals surface area contributed by atoms with Crippen molar-refractivity contribution in [2.45, 2.75) is 39.2 Å². The Morgan fingerprint density at radius 1 is 1.31 bits per heavy atom. The summed E-state index contributed by atoms with van der Waals surface area (Å²) in [7, 11) is 0. The summed E-state index contributed by atoms with van der Waals surface area (Å²) in [6, 6.07) is 7.12. The Labute approximate surface area is 169 Å². The minimum Gasteiger partial charge on any atom is -0.491 e. The molecule has 0 bridgehead atoms. The molecule has 2 rings (SSSR count). The van der Waals surface area contributed by atoms with Crippen LogP contribution in [-0.2, 0) is 4.74 Å². The number of nitriles is 2. The zero-order valence-electron chi connectivity index (χ0n) is 16.7. The fourth-order valence-corrected chi connectivity index (χ4v) is 2.72. The molecule has 1 aliphatic heterocycles. The molecule has 0 spiro atoms. The van der Waals surface area contributed by atoms with Crippen molar-refractivity contribution in [2.75, 3.05) is 25.1 Å². The molecule has 1 fully saturated rings. The molecule has 0 aromatic heterocycles. The first kappa shape index (κ1) is 22.0. The Bertz CT molecular complexity index is 827. The van der Waals surface area contributed by atoms with Gasteiger partial charge in [-0.2, -0.15) is 15.6 Å². The molecule has 1 N–H and O–H groups in total. The highest BCUT2D eigenvalue weighted by molar-refractivity contribution is 6.10. The lowest BCUT2D eigenvalue weighted by Gasteiger charge is -2.33. The minimum absolute atomic E-state index is 0.221. The third kappa shape index (κ3) is 6.96. The fraction of sp³-hybridized carbons (Fsp3) is 0.500. The van der Waals surface area contributed by atoms with Crippen LogP contribution in [0.25, 0.3) is 0 Å². The number of piperidine rings is 1. The summed E-state index contributed by atoms with van der Waals surface area (Å²) in [6.45, 7) is 7.04. The van der Waals surface area contributed by atoms with E-state index in [0.29, 0.717) is 25.4 Å². The molecule has 1 heterocycles. The van der Waals surface area contributed by atoms with Crippen molar-refractivity contribution in [1.82, 2.24) is 4.90 Å². The van der Waals surface area contributed by atoms with E-state index in [9.17, 15) is 9.18 Å². The van der Waals surface area contributed by atoms with Crippen LogP contribution in [0, 0.1) is 34.4 Å². The molecule has 1 saturated heterocycles. The second-order valence-corrected chi connectivity index (χ2v) is 7.66. The van der Waals surface area contributed by atoms with Crippen LogP contribution in [0.4, 0.5) is 14.9 Å². The van der Waals surface area contributed by atoms with Gasteiger partial charge in [0.1, 0.15) is 35.0 Å². The van der Waals surface area contributed by atoms with Gasteiger partial charge in [-0.05, 0) is 51.7 Å². The lowest BCUT2D eigenvalue weighted by atomic mass is 9.98. The summed E-state index contributed by atoms with van der Waals surface area (Å²) < 4.78 is 24.7. The van der Waals surface area contributed by atoms with E-state index >= 15 is 0 Å². The summed E-state index contributed by atoms with van der Waals surface area (Å²) in [5.41, 5.74) is 1.81. The summed E-state index contributed by atoms with van der Waals surface area (Å²) in [5, 5.41) is 21.1. The van der Waals surface area contributed by atoms with Crippen molar-refractivity contribution >= 4 is 17.5 Å². The van der Waals surface area contributed by atoms with Crippen molar-refractivity contribution < 1.29 is 18.7 Å².